The van der Waals surface area contributed by atoms with Crippen molar-refractivity contribution >= 4 is 32.5 Å². The van der Waals surface area contributed by atoms with Crippen LogP contribution in [0.15, 0.2) is 12.1 Å². The van der Waals surface area contributed by atoms with E-state index in [4.69, 9.17) is 0 Å². The first-order chi connectivity index (χ1) is 11.3. The van der Waals surface area contributed by atoms with Crippen LogP contribution in [0.2, 0.25) is 0 Å². The lowest BCUT2D eigenvalue weighted by molar-refractivity contribution is -0.380. The lowest BCUT2D eigenvalue weighted by Gasteiger charge is -2.36. The average Bonchev–Trinajstić information content (AvgIpc) is 3.05. The Morgan fingerprint density at radius 1 is 1.25 bits per heavy atom. The molecule has 0 unspecified atom stereocenters. The highest BCUT2D eigenvalue weighted by atomic mass is 32.2. The second kappa shape index (κ2) is 7.55. The number of amides is 1. The largest absolute Gasteiger partial charge is 0.335 e. The first kappa shape index (κ1) is 18.8. The van der Waals surface area contributed by atoms with Gasteiger partial charge in [0.1, 0.15) is 0 Å². The minimum atomic E-state index is -3.50. The number of nitro groups is 1. The van der Waals surface area contributed by atoms with Crippen LogP contribution in [0.25, 0.3) is 0 Å². The molecule has 0 aromatic carbocycles. The van der Waals surface area contributed by atoms with Crippen molar-refractivity contribution in [1.29, 1.82) is 0 Å². The van der Waals surface area contributed by atoms with Gasteiger partial charge >= 0.3 is 5.00 Å². The molecule has 1 aromatic rings. The maximum absolute atomic E-state index is 12.4. The molecule has 11 heteroatoms. The molecule has 1 aliphatic heterocycles. The number of thiophene rings is 1. The van der Waals surface area contributed by atoms with Gasteiger partial charge in [-0.25, -0.2) is 0 Å². The summed E-state index contributed by atoms with van der Waals surface area (Å²) in [5.74, 6) is -0.298. The minimum Gasteiger partial charge on any atom is -0.335 e. The smallest absolute Gasteiger partial charge is 0.324 e. The number of carbonyl (C=O) groups is 1. The standard InChI is InChI=1S/C13H20N4O5S2/c1-3-15(4-2)24(21,22)16-9-7-14(8-10-16)13(18)11-5-6-12(23-11)17(19)20/h5-6H,3-4,7-10H2,1-2H3. The average molecular weight is 376 g/mol. The fraction of sp³-hybridized carbons (Fsp3) is 0.615. The summed E-state index contributed by atoms with van der Waals surface area (Å²) in [6.07, 6.45) is 0. The second-order valence-corrected chi connectivity index (χ2v) is 8.17. The van der Waals surface area contributed by atoms with E-state index in [1.807, 2.05) is 0 Å². The molecule has 2 rings (SSSR count). The molecule has 1 fully saturated rings. The minimum absolute atomic E-state index is 0.0823. The third-order valence-corrected chi connectivity index (χ3v) is 7.08. The number of piperazine rings is 1. The third-order valence-electron chi connectivity index (χ3n) is 3.87. The van der Waals surface area contributed by atoms with E-state index in [0.29, 0.717) is 18.0 Å². The van der Waals surface area contributed by atoms with Crippen molar-refractivity contribution < 1.29 is 18.1 Å². The summed E-state index contributed by atoms with van der Waals surface area (Å²) in [5.41, 5.74) is 0. The van der Waals surface area contributed by atoms with Crippen molar-refractivity contribution in [3.63, 3.8) is 0 Å². The molecule has 1 aromatic heterocycles. The molecular weight excluding hydrogens is 356 g/mol. The van der Waals surface area contributed by atoms with Gasteiger partial charge in [-0.3, -0.25) is 14.9 Å². The van der Waals surface area contributed by atoms with Gasteiger partial charge in [-0.1, -0.05) is 25.2 Å². The van der Waals surface area contributed by atoms with Crippen LogP contribution >= 0.6 is 11.3 Å². The molecule has 0 spiro atoms. The van der Waals surface area contributed by atoms with Gasteiger partial charge in [-0.2, -0.15) is 17.0 Å². The lowest BCUT2D eigenvalue weighted by atomic mass is 10.3. The van der Waals surface area contributed by atoms with E-state index >= 15 is 0 Å². The molecule has 1 amide bonds. The van der Waals surface area contributed by atoms with Crippen LogP contribution in [0.3, 0.4) is 0 Å². The van der Waals surface area contributed by atoms with Crippen LogP contribution in [0.1, 0.15) is 23.5 Å². The van der Waals surface area contributed by atoms with Crippen LogP contribution in [0, 0.1) is 10.1 Å². The van der Waals surface area contributed by atoms with Gasteiger partial charge < -0.3 is 4.90 Å². The molecule has 1 aliphatic rings. The van der Waals surface area contributed by atoms with Crippen molar-refractivity contribution in [2.24, 2.45) is 0 Å². The van der Waals surface area contributed by atoms with E-state index in [0.717, 1.165) is 11.3 Å². The molecule has 0 aliphatic carbocycles. The molecule has 0 bridgehead atoms. The summed E-state index contributed by atoms with van der Waals surface area (Å²) in [5, 5.41) is 10.6. The summed E-state index contributed by atoms with van der Waals surface area (Å²) in [4.78, 5) is 24.4. The molecule has 0 N–H and O–H groups in total. The van der Waals surface area contributed by atoms with Crippen molar-refractivity contribution in [2.45, 2.75) is 13.8 Å². The Bertz CT molecular complexity index is 706. The Kier molecular flexibility index (Phi) is 5.91. The summed E-state index contributed by atoms with van der Waals surface area (Å²) in [6, 6.07) is 2.74. The highest BCUT2D eigenvalue weighted by Gasteiger charge is 2.32. The normalized spacial score (nSPS) is 16.5. The molecule has 9 nitrogen and oxygen atoms in total. The molecule has 0 radical (unpaired) electrons. The molecule has 24 heavy (non-hydrogen) atoms. The second-order valence-electron chi connectivity index (χ2n) is 5.18. The fourth-order valence-electron chi connectivity index (χ4n) is 2.53. The highest BCUT2D eigenvalue weighted by molar-refractivity contribution is 7.86. The van der Waals surface area contributed by atoms with Gasteiger partial charge in [-0.15, -0.1) is 0 Å². The van der Waals surface area contributed by atoms with Crippen LogP contribution in [-0.4, -0.2) is 72.0 Å². The van der Waals surface area contributed by atoms with Gasteiger partial charge in [0.2, 0.25) is 0 Å². The Morgan fingerprint density at radius 2 is 1.83 bits per heavy atom. The monoisotopic (exact) mass is 376 g/mol. The molecular formula is C13H20N4O5S2. The third kappa shape index (κ3) is 3.74. The number of carbonyl (C=O) groups excluding carboxylic acids is 1. The summed E-state index contributed by atoms with van der Waals surface area (Å²) < 4.78 is 27.7. The van der Waals surface area contributed by atoms with E-state index in [1.54, 1.807) is 13.8 Å². The first-order valence-electron chi connectivity index (χ1n) is 7.60. The van der Waals surface area contributed by atoms with Crippen LogP contribution in [0.4, 0.5) is 5.00 Å². The maximum atomic E-state index is 12.4. The number of rotatable bonds is 6. The van der Waals surface area contributed by atoms with Crippen molar-refractivity contribution in [3.05, 3.63) is 27.1 Å². The van der Waals surface area contributed by atoms with Crippen LogP contribution < -0.4 is 0 Å². The Morgan fingerprint density at radius 3 is 2.29 bits per heavy atom. The summed E-state index contributed by atoms with van der Waals surface area (Å²) in [7, 11) is -3.50. The molecule has 0 saturated carbocycles. The molecule has 2 heterocycles. The van der Waals surface area contributed by atoms with E-state index in [9.17, 15) is 23.3 Å². The molecule has 0 atom stereocenters. The van der Waals surface area contributed by atoms with Gasteiger partial charge in [0.15, 0.2) is 0 Å². The van der Waals surface area contributed by atoms with Gasteiger partial charge in [-0.05, 0) is 6.07 Å². The Balaban J connectivity index is 2.01. The van der Waals surface area contributed by atoms with Crippen molar-refractivity contribution in [1.82, 2.24) is 13.5 Å². The number of hydrogen-bond acceptors (Lipinski definition) is 6. The van der Waals surface area contributed by atoms with Crippen molar-refractivity contribution in [2.75, 3.05) is 39.3 Å². The predicted octanol–water partition coefficient (Wildman–Crippen LogP) is 1.00. The Hall–Kier alpha value is -1.56. The molecule has 134 valence electrons. The van der Waals surface area contributed by atoms with E-state index in [2.05, 4.69) is 0 Å². The summed E-state index contributed by atoms with van der Waals surface area (Å²) >= 11 is 0.831. The maximum Gasteiger partial charge on any atom is 0.324 e. The lowest BCUT2D eigenvalue weighted by Crippen LogP contribution is -2.54. The zero-order valence-corrected chi connectivity index (χ0v) is 15.2. The van der Waals surface area contributed by atoms with E-state index in [-0.39, 0.29) is 37.1 Å². The first-order valence-corrected chi connectivity index (χ1v) is 9.81. The fourth-order valence-corrected chi connectivity index (χ4v) is 4.92. The number of nitrogens with zero attached hydrogens (tertiary/aromatic N) is 4. The zero-order valence-electron chi connectivity index (χ0n) is 13.5. The van der Waals surface area contributed by atoms with Crippen molar-refractivity contribution in [3.8, 4) is 0 Å². The number of hydrogen-bond donors (Lipinski definition) is 0. The van der Waals surface area contributed by atoms with Gasteiger partial charge in [0, 0.05) is 45.3 Å². The zero-order chi connectivity index (χ0) is 17.9. The van der Waals surface area contributed by atoms with Crippen LogP contribution in [-0.2, 0) is 10.2 Å². The van der Waals surface area contributed by atoms with Gasteiger partial charge in [0.05, 0.1) is 9.80 Å². The highest BCUT2D eigenvalue weighted by Crippen LogP contribution is 2.25. The predicted molar refractivity (Wildman–Crippen MR) is 90.3 cm³/mol. The van der Waals surface area contributed by atoms with E-state index in [1.165, 1.54) is 25.6 Å². The van der Waals surface area contributed by atoms with Gasteiger partial charge in [0.25, 0.3) is 16.1 Å². The van der Waals surface area contributed by atoms with E-state index < -0.39 is 15.1 Å². The topological polar surface area (TPSA) is 104 Å². The molecule has 1 saturated heterocycles. The SMILES string of the molecule is CCN(CC)S(=O)(=O)N1CCN(C(=O)c2ccc([N+](=O)[O-])s2)CC1. The quantitative estimate of drug-likeness (QED) is 0.544. The summed E-state index contributed by atoms with van der Waals surface area (Å²) in [6.45, 7) is 5.34. The Labute approximate surface area is 144 Å². The van der Waals surface area contributed by atoms with Crippen LogP contribution in [0.5, 0.6) is 0 Å².